The summed E-state index contributed by atoms with van der Waals surface area (Å²) in [5.41, 5.74) is 2.19. The molecule has 1 heterocycles. The van der Waals surface area contributed by atoms with Gasteiger partial charge in [0.1, 0.15) is 11.6 Å². The predicted molar refractivity (Wildman–Crippen MR) is 75.3 cm³/mol. The van der Waals surface area contributed by atoms with Gasteiger partial charge in [0, 0.05) is 29.6 Å². The first-order valence-electron chi connectivity index (χ1n) is 5.99. The lowest BCUT2D eigenvalue weighted by Gasteiger charge is -2.13. The summed E-state index contributed by atoms with van der Waals surface area (Å²) in [6.45, 7) is 1.73. The van der Waals surface area contributed by atoms with Crippen molar-refractivity contribution in [3.8, 4) is 5.75 Å². The standard InChI is InChI=1S/C14H14ClFN2O2/c1-8-14(20)11(9(7-19)5-17-8)6-18-10-2-3-13(16)12(15)4-10/h2-5,18-20H,6-7H2,1H3. The van der Waals surface area contributed by atoms with Crippen LogP contribution < -0.4 is 5.32 Å². The zero-order valence-electron chi connectivity index (χ0n) is 10.8. The molecule has 1 aromatic heterocycles. The zero-order chi connectivity index (χ0) is 14.7. The van der Waals surface area contributed by atoms with Crippen LogP contribution in [0.3, 0.4) is 0 Å². The van der Waals surface area contributed by atoms with E-state index in [4.69, 9.17) is 11.6 Å². The van der Waals surface area contributed by atoms with Gasteiger partial charge in [-0.05, 0) is 25.1 Å². The minimum Gasteiger partial charge on any atom is -0.506 e. The Morgan fingerprint density at radius 2 is 2.15 bits per heavy atom. The van der Waals surface area contributed by atoms with Crippen molar-refractivity contribution in [2.45, 2.75) is 20.1 Å². The number of aromatic nitrogens is 1. The number of benzene rings is 1. The van der Waals surface area contributed by atoms with Gasteiger partial charge in [0.2, 0.25) is 0 Å². The van der Waals surface area contributed by atoms with Crippen LogP contribution in [0.1, 0.15) is 16.8 Å². The van der Waals surface area contributed by atoms with Crippen molar-refractivity contribution in [1.82, 2.24) is 4.98 Å². The topological polar surface area (TPSA) is 65.4 Å². The number of nitrogens with one attached hydrogen (secondary N) is 1. The first-order chi connectivity index (χ1) is 9.52. The highest BCUT2D eigenvalue weighted by atomic mass is 35.5. The van der Waals surface area contributed by atoms with E-state index in [1.54, 1.807) is 13.0 Å². The Balaban J connectivity index is 2.22. The zero-order valence-corrected chi connectivity index (χ0v) is 11.6. The third-order valence-corrected chi connectivity index (χ3v) is 3.28. The van der Waals surface area contributed by atoms with Crippen LogP contribution in [0.5, 0.6) is 5.75 Å². The van der Waals surface area contributed by atoms with Gasteiger partial charge >= 0.3 is 0 Å². The highest BCUT2D eigenvalue weighted by Crippen LogP contribution is 2.26. The van der Waals surface area contributed by atoms with Gasteiger partial charge in [-0.2, -0.15) is 0 Å². The fourth-order valence-corrected chi connectivity index (χ4v) is 1.99. The highest BCUT2D eigenvalue weighted by molar-refractivity contribution is 6.31. The summed E-state index contributed by atoms with van der Waals surface area (Å²) in [5, 5.41) is 22.3. The molecule has 0 atom stereocenters. The van der Waals surface area contributed by atoms with Crippen molar-refractivity contribution in [2.75, 3.05) is 5.32 Å². The quantitative estimate of drug-likeness (QED) is 0.811. The van der Waals surface area contributed by atoms with Crippen LogP contribution >= 0.6 is 11.6 Å². The molecule has 0 spiro atoms. The molecule has 0 fully saturated rings. The maximum Gasteiger partial charge on any atom is 0.142 e. The molecule has 0 unspecified atom stereocenters. The van der Waals surface area contributed by atoms with Crippen LogP contribution in [0.4, 0.5) is 10.1 Å². The molecule has 0 aliphatic rings. The first kappa shape index (κ1) is 14.6. The summed E-state index contributed by atoms with van der Waals surface area (Å²) < 4.78 is 13.1. The van der Waals surface area contributed by atoms with E-state index in [0.717, 1.165) is 0 Å². The van der Waals surface area contributed by atoms with Crippen LogP contribution in [0, 0.1) is 12.7 Å². The lowest BCUT2D eigenvalue weighted by molar-refractivity contribution is 0.279. The van der Waals surface area contributed by atoms with Gasteiger partial charge < -0.3 is 15.5 Å². The molecule has 0 amide bonds. The summed E-state index contributed by atoms with van der Waals surface area (Å²) >= 11 is 5.70. The van der Waals surface area contributed by atoms with Crippen LogP contribution in [-0.2, 0) is 13.2 Å². The van der Waals surface area contributed by atoms with E-state index in [-0.39, 0.29) is 23.9 Å². The van der Waals surface area contributed by atoms with Gasteiger partial charge in [-0.3, -0.25) is 4.98 Å². The van der Waals surface area contributed by atoms with Crippen molar-refractivity contribution in [3.05, 3.63) is 52.1 Å². The van der Waals surface area contributed by atoms with E-state index >= 15 is 0 Å². The second-order valence-electron chi connectivity index (χ2n) is 4.34. The minimum atomic E-state index is -0.490. The number of hydrogen-bond acceptors (Lipinski definition) is 4. The van der Waals surface area contributed by atoms with Gasteiger partial charge in [-0.15, -0.1) is 0 Å². The molecule has 0 aliphatic heterocycles. The molecule has 0 radical (unpaired) electrons. The lowest BCUT2D eigenvalue weighted by atomic mass is 10.1. The first-order valence-corrected chi connectivity index (χ1v) is 6.36. The van der Waals surface area contributed by atoms with E-state index in [1.165, 1.54) is 18.3 Å². The Hall–Kier alpha value is -1.85. The Labute approximate surface area is 120 Å². The second-order valence-corrected chi connectivity index (χ2v) is 4.74. The summed E-state index contributed by atoms with van der Waals surface area (Å²) in [7, 11) is 0. The SMILES string of the molecule is Cc1ncc(CO)c(CNc2ccc(F)c(Cl)c2)c1O. The largest absolute Gasteiger partial charge is 0.506 e. The molecular weight excluding hydrogens is 283 g/mol. The number of nitrogens with zero attached hydrogens (tertiary/aromatic N) is 1. The molecule has 2 aromatic rings. The maximum absolute atomic E-state index is 13.1. The molecule has 0 bridgehead atoms. The molecule has 4 nitrogen and oxygen atoms in total. The number of pyridine rings is 1. The van der Waals surface area contributed by atoms with E-state index in [9.17, 15) is 14.6 Å². The second kappa shape index (κ2) is 6.07. The number of halogens is 2. The summed E-state index contributed by atoms with van der Waals surface area (Å²) in [6, 6.07) is 4.26. The molecule has 2 rings (SSSR count). The maximum atomic E-state index is 13.1. The number of aliphatic hydroxyl groups is 1. The Kier molecular flexibility index (Phi) is 4.42. The Morgan fingerprint density at radius 1 is 1.40 bits per heavy atom. The van der Waals surface area contributed by atoms with Crippen molar-refractivity contribution in [1.29, 1.82) is 0 Å². The van der Waals surface area contributed by atoms with Crippen LogP contribution in [-0.4, -0.2) is 15.2 Å². The molecule has 0 saturated heterocycles. The number of aryl methyl sites for hydroxylation is 1. The number of anilines is 1. The van der Waals surface area contributed by atoms with E-state index < -0.39 is 5.82 Å². The molecule has 0 saturated carbocycles. The molecule has 20 heavy (non-hydrogen) atoms. The van der Waals surface area contributed by atoms with Crippen molar-refractivity contribution in [3.63, 3.8) is 0 Å². The van der Waals surface area contributed by atoms with Gasteiger partial charge in [-0.1, -0.05) is 11.6 Å². The summed E-state index contributed by atoms with van der Waals surface area (Å²) in [6.07, 6.45) is 1.52. The van der Waals surface area contributed by atoms with Gasteiger partial charge in [0.05, 0.1) is 17.3 Å². The molecule has 3 N–H and O–H groups in total. The van der Waals surface area contributed by atoms with Crippen molar-refractivity contribution in [2.24, 2.45) is 0 Å². The van der Waals surface area contributed by atoms with Crippen LogP contribution in [0.15, 0.2) is 24.4 Å². The normalized spacial score (nSPS) is 10.6. The fraction of sp³-hybridized carbons (Fsp3) is 0.214. The molecular formula is C14H14ClFN2O2. The fourth-order valence-electron chi connectivity index (χ4n) is 1.81. The average Bonchev–Trinajstić information content (AvgIpc) is 2.44. The molecule has 106 valence electrons. The number of aliphatic hydroxyl groups excluding tert-OH is 1. The predicted octanol–water partition coefficient (Wildman–Crippen LogP) is 2.99. The minimum absolute atomic E-state index is 0.0208. The Bertz CT molecular complexity index is 635. The monoisotopic (exact) mass is 296 g/mol. The number of rotatable bonds is 4. The van der Waals surface area contributed by atoms with E-state index in [1.807, 2.05) is 0 Å². The van der Waals surface area contributed by atoms with E-state index in [0.29, 0.717) is 22.5 Å². The van der Waals surface area contributed by atoms with Crippen molar-refractivity contribution >= 4 is 17.3 Å². The van der Waals surface area contributed by atoms with Crippen molar-refractivity contribution < 1.29 is 14.6 Å². The lowest BCUT2D eigenvalue weighted by Crippen LogP contribution is -2.05. The molecule has 1 aromatic carbocycles. The van der Waals surface area contributed by atoms with Crippen LogP contribution in [0.25, 0.3) is 0 Å². The smallest absolute Gasteiger partial charge is 0.142 e. The number of hydrogen-bond donors (Lipinski definition) is 3. The number of aromatic hydroxyl groups is 1. The average molecular weight is 297 g/mol. The summed E-state index contributed by atoms with van der Waals surface area (Å²) in [4.78, 5) is 3.98. The Morgan fingerprint density at radius 3 is 2.80 bits per heavy atom. The van der Waals surface area contributed by atoms with Crippen LogP contribution in [0.2, 0.25) is 5.02 Å². The van der Waals surface area contributed by atoms with Gasteiger partial charge in [0.15, 0.2) is 0 Å². The van der Waals surface area contributed by atoms with E-state index in [2.05, 4.69) is 10.3 Å². The van der Waals surface area contributed by atoms with Gasteiger partial charge in [-0.25, -0.2) is 4.39 Å². The molecule has 0 aliphatic carbocycles. The highest BCUT2D eigenvalue weighted by Gasteiger charge is 2.11. The summed E-state index contributed by atoms with van der Waals surface area (Å²) in [5.74, 6) is -0.451. The third kappa shape index (κ3) is 3.00. The molecule has 6 heteroatoms. The van der Waals surface area contributed by atoms with Gasteiger partial charge in [0.25, 0.3) is 0 Å². The third-order valence-electron chi connectivity index (χ3n) is 2.99.